The number of benzene rings is 1. The number of carbonyl (C=O) groups is 2. The van der Waals surface area contributed by atoms with Crippen LogP contribution in [0.25, 0.3) is 22.3 Å². The van der Waals surface area contributed by atoms with Crippen molar-refractivity contribution in [2.45, 2.75) is 45.6 Å². The lowest BCUT2D eigenvalue weighted by molar-refractivity contribution is -0.114. The van der Waals surface area contributed by atoms with Gasteiger partial charge in [0.2, 0.25) is 5.91 Å². The number of hydrogen-bond donors (Lipinski definition) is 2. The maximum Gasteiger partial charge on any atom is 0.258 e. The van der Waals surface area contributed by atoms with Crippen molar-refractivity contribution in [1.82, 2.24) is 19.7 Å². The van der Waals surface area contributed by atoms with E-state index in [0.717, 1.165) is 18.5 Å². The van der Waals surface area contributed by atoms with Crippen molar-refractivity contribution in [3.05, 3.63) is 52.9 Å². The van der Waals surface area contributed by atoms with Crippen LogP contribution in [-0.4, -0.2) is 31.6 Å². The van der Waals surface area contributed by atoms with Gasteiger partial charge in [-0.25, -0.2) is 19.0 Å². The summed E-state index contributed by atoms with van der Waals surface area (Å²) in [5.41, 5.74) is 3.16. The zero-order valence-electron chi connectivity index (χ0n) is 18.9. The van der Waals surface area contributed by atoms with Crippen LogP contribution in [-0.2, 0) is 4.79 Å². The third-order valence-corrected chi connectivity index (χ3v) is 6.36. The normalized spacial score (nSPS) is 13.4. The van der Waals surface area contributed by atoms with Gasteiger partial charge in [-0.2, -0.15) is 5.10 Å². The number of thiazole rings is 1. The Hall–Kier alpha value is -3.66. The Labute approximate surface area is 199 Å². The predicted molar refractivity (Wildman–Crippen MR) is 130 cm³/mol. The number of aromatic nitrogens is 4. The van der Waals surface area contributed by atoms with E-state index in [2.05, 4.69) is 20.7 Å². The SMILES string of the molecule is CC(=O)Nc1ccc(-c2csc(NC(=O)c3cc(C4CC4)nc4c3cnn4C(C)C)n2)c(F)c1. The first-order chi connectivity index (χ1) is 16.3. The molecule has 5 rings (SSSR count). The molecule has 0 bridgehead atoms. The fourth-order valence-electron chi connectivity index (χ4n) is 3.81. The van der Waals surface area contributed by atoms with Gasteiger partial charge in [0, 0.05) is 41.2 Å². The van der Waals surface area contributed by atoms with Gasteiger partial charge < -0.3 is 5.32 Å². The average Bonchev–Trinajstić information content (AvgIpc) is 3.38. The lowest BCUT2D eigenvalue weighted by atomic mass is 10.1. The van der Waals surface area contributed by atoms with Crippen molar-refractivity contribution in [3.8, 4) is 11.3 Å². The third kappa shape index (κ3) is 4.28. The van der Waals surface area contributed by atoms with Gasteiger partial charge in [0.05, 0.1) is 22.8 Å². The number of anilines is 2. The maximum absolute atomic E-state index is 14.6. The van der Waals surface area contributed by atoms with E-state index in [9.17, 15) is 14.0 Å². The van der Waals surface area contributed by atoms with Gasteiger partial charge in [-0.3, -0.25) is 14.9 Å². The molecule has 0 radical (unpaired) electrons. The lowest BCUT2D eigenvalue weighted by Crippen LogP contribution is -2.13. The van der Waals surface area contributed by atoms with Crippen molar-refractivity contribution in [2.24, 2.45) is 0 Å². The second kappa shape index (κ2) is 8.60. The van der Waals surface area contributed by atoms with Crippen LogP contribution >= 0.6 is 11.3 Å². The van der Waals surface area contributed by atoms with Crippen molar-refractivity contribution in [2.75, 3.05) is 10.6 Å². The zero-order chi connectivity index (χ0) is 24.0. The van der Waals surface area contributed by atoms with E-state index in [4.69, 9.17) is 4.98 Å². The molecule has 1 aliphatic carbocycles. The number of rotatable bonds is 6. The number of hydrogen-bond acceptors (Lipinski definition) is 6. The standard InChI is InChI=1S/C24H23FN6O2S/c1-12(2)31-22-18(10-26-31)17(9-20(28-22)14-4-5-14)23(33)30-24-29-21(11-34-24)16-7-6-15(8-19(16)25)27-13(3)32/h6-12,14H,4-5H2,1-3H3,(H,27,32)(H,29,30,33). The Morgan fingerprint density at radius 2 is 1.97 bits per heavy atom. The van der Waals surface area contributed by atoms with E-state index in [1.165, 1.54) is 24.3 Å². The largest absolute Gasteiger partial charge is 0.326 e. The summed E-state index contributed by atoms with van der Waals surface area (Å²) in [4.78, 5) is 33.6. The summed E-state index contributed by atoms with van der Waals surface area (Å²) in [6, 6.07) is 6.36. The van der Waals surface area contributed by atoms with Crippen LogP contribution in [0.3, 0.4) is 0 Å². The van der Waals surface area contributed by atoms with Crippen LogP contribution in [0.4, 0.5) is 15.2 Å². The smallest absolute Gasteiger partial charge is 0.258 e. The second-order valence-electron chi connectivity index (χ2n) is 8.66. The van der Waals surface area contributed by atoms with Crippen LogP contribution in [0.15, 0.2) is 35.8 Å². The summed E-state index contributed by atoms with van der Waals surface area (Å²) in [5, 5.41) is 12.6. The fourth-order valence-corrected chi connectivity index (χ4v) is 4.52. The van der Waals surface area contributed by atoms with Gasteiger partial charge in [-0.15, -0.1) is 11.3 Å². The van der Waals surface area contributed by atoms with Gasteiger partial charge in [0.1, 0.15) is 5.82 Å². The molecule has 8 nitrogen and oxygen atoms in total. The molecule has 2 amide bonds. The van der Waals surface area contributed by atoms with Crippen molar-refractivity contribution in [1.29, 1.82) is 0 Å². The molecular weight excluding hydrogens is 455 g/mol. The van der Waals surface area contributed by atoms with E-state index in [1.807, 2.05) is 24.6 Å². The highest BCUT2D eigenvalue weighted by atomic mass is 32.1. The van der Waals surface area contributed by atoms with Crippen molar-refractivity contribution < 1.29 is 14.0 Å². The molecule has 1 saturated carbocycles. The molecule has 174 valence electrons. The number of carbonyl (C=O) groups excluding carboxylic acids is 2. The van der Waals surface area contributed by atoms with Gasteiger partial charge in [0.25, 0.3) is 5.91 Å². The summed E-state index contributed by atoms with van der Waals surface area (Å²) in [6.07, 6.45) is 3.81. The predicted octanol–water partition coefficient (Wildman–Crippen LogP) is 5.36. The maximum atomic E-state index is 14.6. The van der Waals surface area contributed by atoms with Crippen LogP contribution in [0.1, 0.15) is 61.6 Å². The van der Waals surface area contributed by atoms with Crippen LogP contribution in [0.2, 0.25) is 0 Å². The Kier molecular flexibility index (Phi) is 5.60. The van der Waals surface area contributed by atoms with Gasteiger partial charge in [-0.05, 0) is 51.0 Å². The van der Waals surface area contributed by atoms with Crippen LogP contribution < -0.4 is 10.6 Å². The Morgan fingerprint density at radius 1 is 1.18 bits per heavy atom. The Bertz CT molecular complexity index is 1420. The molecule has 0 aliphatic heterocycles. The molecule has 1 aromatic carbocycles. The summed E-state index contributed by atoms with van der Waals surface area (Å²) in [6.45, 7) is 5.41. The first-order valence-corrected chi connectivity index (χ1v) is 11.9. The van der Waals surface area contributed by atoms with E-state index >= 15 is 0 Å². The molecule has 3 aromatic heterocycles. The molecule has 0 spiro atoms. The average molecular weight is 479 g/mol. The van der Waals surface area contributed by atoms with Gasteiger partial charge in [0.15, 0.2) is 10.8 Å². The van der Waals surface area contributed by atoms with E-state index in [1.54, 1.807) is 23.7 Å². The number of fused-ring (bicyclic) bond motifs is 1. The topological polar surface area (TPSA) is 102 Å². The summed E-state index contributed by atoms with van der Waals surface area (Å²) >= 11 is 1.21. The molecule has 0 unspecified atom stereocenters. The van der Waals surface area contributed by atoms with E-state index in [-0.39, 0.29) is 23.4 Å². The van der Waals surface area contributed by atoms with Crippen LogP contribution in [0, 0.1) is 5.82 Å². The van der Waals surface area contributed by atoms with E-state index < -0.39 is 5.82 Å². The first-order valence-electron chi connectivity index (χ1n) is 11.0. The first kappa shape index (κ1) is 22.1. The number of halogens is 1. The molecule has 0 atom stereocenters. The van der Waals surface area contributed by atoms with Crippen molar-refractivity contribution in [3.63, 3.8) is 0 Å². The number of amides is 2. The Balaban J connectivity index is 1.42. The molecule has 10 heteroatoms. The summed E-state index contributed by atoms with van der Waals surface area (Å²) < 4.78 is 16.4. The lowest BCUT2D eigenvalue weighted by Gasteiger charge is -2.10. The monoisotopic (exact) mass is 478 g/mol. The van der Waals surface area contributed by atoms with Gasteiger partial charge in [-0.1, -0.05) is 0 Å². The van der Waals surface area contributed by atoms with Gasteiger partial charge >= 0.3 is 0 Å². The number of nitrogens with one attached hydrogen (secondary N) is 2. The molecular formula is C24H23FN6O2S. The Morgan fingerprint density at radius 3 is 2.65 bits per heavy atom. The molecule has 34 heavy (non-hydrogen) atoms. The third-order valence-electron chi connectivity index (χ3n) is 5.61. The van der Waals surface area contributed by atoms with E-state index in [0.29, 0.717) is 39.0 Å². The molecule has 3 heterocycles. The number of nitrogens with zero attached hydrogens (tertiary/aromatic N) is 4. The molecule has 1 aliphatic rings. The molecule has 0 saturated heterocycles. The second-order valence-corrected chi connectivity index (χ2v) is 9.52. The molecule has 4 aromatic rings. The quantitative estimate of drug-likeness (QED) is 0.388. The zero-order valence-corrected chi connectivity index (χ0v) is 19.7. The summed E-state index contributed by atoms with van der Waals surface area (Å²) in [7, 11) is 0. The highest BCUT2D eigenvalue weighted by molar-refractivity contribution is 7.14. The highest BCUT2D eigenvalue weighted by Gasteiger charge is 2.28. The number of pyridine rings is 1. The minimum Gasteiger partial charge on any atom is -0.326 e. The highest BCUT2D eigenvalue weighted by Crippen LogP contribution is 2.40. The van der Waals surface area contributed by atoms with Crippen LogP contribution in [0.5, 0.6) is 0 Å². The minimum atomic E-state index is -0.513. The molecule has 1 fully saturated rings. The minimum absolute atomic E-state index is 0.115. The molecule has 2 N–H and O–H groups in total. The summed E-state index contributed by atoms with van der Waals surface area (Å²) in [5.74, 6) is -0.721. The fraction of sp³-hybridized carbons (Fsp3) is 0.292. The van der Waals surface area contributed by atoms with Crippen molar-refractivity contribution >= 4 is 45.0 Å².